The van der Waals surface area contributed by atoms with E-state index in [4.69, 9.17) is 4.74 Å². The normalized spacial score (nSPS) is 11.6. The van der Waals surface area contributed by atoms with Crippen LogP contribution < -0.4 is 15.4 Å². The molecule has 0 aliphatic heterocycles. The van der Waals surface area contributed by atoms with Crippen molar-refractivity contribution in [2.24, 2.45) is 5.92 Å². The first kappa shape index (κ1) is 26.0. The fourth-order valence-corrected chi connectivity index (χ4v) is 3.57. The zero-order chi connectivity index (χ0) is 24.7. The molecule has 178 valence electrons. The van der Waals surface area contributed by atoms with Crippen molar-refractivity contribution in [2.75, 3.05) is 17.2 Å². The topological polar surface area (TPSA) is 114 Å². The van der Waals surface area contributed by atoms with Gasteiger partial charge in [0.15, 0.2) is 0 Å². The molecule has 2 N–H and O–H groups in total. The molecule has 33 heavy (non-hydrogen) atoms. The van der Waals surface area contributed by atoms with E-state index in [1.807, 2.05) is 45.9 Å². The highest BCUT2D eigenvalue weighted by Crippen LogP contribution is 2.30. The van der Waals surface area contributed by atoms with Crippen LogP contribution in [0.2, 0.25) is 0 Å². The van der Waals surface area contributed by atoms with Crippen molar-refractivity contribution in [3.05, 3.63) is 57.6 Å². The maximum Gasteiger partial charge on any atom is 0.332 e. The van der Waals surface area contributed by atoms with Gasteiger partial charge in [-0.1, -0.05) is 44.9 Å². The maximum atomic E-state index is 13.1. The Kier molecular flexibility index (Phi) is 9.10. The summed E-state index contributed by atoms with van der Waals surface area (Å²) in [6.07, 6.45) is 0.346. The molecule has 0 aliphatic carbocycles. The van der Waals surface area contributed by atoms with E-state index in [0.717, 1.165) is 15.4 Å². The largest absolute Gasteiger partial charge is 0.494 e. The molecule has 0 bridgehead atoms. The average molecular weight is 475 g/mol. The molecule has 2 rings (SSSR count). The number of carbonyl (C=O) groups excluding carboxylic acids is 2. The SMILES string of the molecule is CCOc1ccc(NC(=O)N(S)C(CC(C)C)C(=O)Nc2c(C)cccc2C)c([N+](=O)[O-])c1. The Morgan fingerprint density at radius 2 is 1.79 bits per heavy atom. The van der Waals surface area contributed by atoms with E-state index in [0.29, 0.717) is 24.5 Å². The first-order valence-electron chi connectivity index (χ1n) is 10.6. The number of nitrogens with zero attached hydrogens (tertiary/aromatic N) is 2. The molecule has 0 aromatic heterocycles. The van der Waals surface area contributed by atoms with E-state index in [-0.39, 0.29) is 17.3 Å². The average Bonchev–Trinajstić information content (AvgIpc) is 2.75. The summed E-state index contributed by atoms with van der Waals surface area (Å²) in [5, 5.41) is 16.9. The number of benzene rings is 2. The third kappa shape index (κ3) is 6.85. The molecule has 0 spiro atoms. The Hall–Kier alpha value is -3.27. The van der Waals surface area contributed by atoms with Crippen LogP contribution >= 0.6 is 12.8 Å². The van der Waals surface area contributed by atoms with Crippen LogP contribution in [0, 0.1) is 29.9 Å². The van der Waals surface area contributed by atoms with Crippen LogP contribution in [0.5, 0.6) is 5.75 Å². The molecule has 0 saturated heterocycles. The lowest BCUT2D eigenvalue weighted by molar-refractivity contribution is -0.384. The fraction of sp³-hybridized carbons (Fsp3) is 0.391. The van der Waals surface area contributed by atoms with Gasteiger partial charge in [-0.15, -0.1) is 0 Å². The highest BCUT2D eigenvalue weighted by molar-refractivity contribution is 7.78. The van der Waals surface area contributed by atoms with Crippen LogP contribution in [0.25, 0.3) is 0 Å². The van der Waals surface area contributed by atoms with Gasteiger partial charge >= 0.3 is 6.03 Å². The molecule has 1 atom stereocenters. The number of aryl methyl sites for hydroxylation is 2. The van der Waals surface area contributed by atoms with Crippen molar-refractivity contribution in [3.63, 3.8) is 0 Å². The number of hydrogen-bond acceptors (Lipinski definition) is 6. The Labute approximate surface area is 199 Å². The lowest BCUT2D eigenvalue weighted by atomic mass is 10.0. The van der Waals surface area contributed by atoms with Crippen LogP contribution in [-0.2, 0) is 4.79 Å². The van der Waals surface area contributed by atoms with Gasteiger partial charge in [-0.2, -0.15) is 0 Å². The number of ether oxygens (including phenoxy) is 1. The van der Waals surface area contributed by atoms with E-state index < -0.39 is 22.9 Å². The molecule has 1 unspecified atom stereocenters. The lowest BCUT2D eigenvalue weighted by Gasteiger charge is -2.28. The third-order valence-corrected chi connectivity index (χ3v) is 5.41. The number of nitro benzene ring substituents is 1. The highest BCUT2D eigenvalue weighted by atomic mass is 32.1. The third-order valence-electron chi connectivity index (χ3n) is 4.95. The number of thiol groups is 1. The number of urea groups is 1. The predicted molar refractivity (Wildman–Crippen MR) is 132 cm³/mol. The number of nitrogens with one attached hydrogen (secondary N) is 2. The minimum absolute atomic E-state index is 0.0223. The van der Waals surface area contributed by atoms with Gasteiger partial charge in [0.1, 0.15) is 17.5 Å². The minimum Gasteiger partial charge on any atom is -0.494 e. The number of para-hydroxylation sites is 1. The Bertz CT molecular complexity index is 1010. The van der Waals surface area contributed by atoms with Crippen molar-refractivity contribution in [1.82, 2.24) is 4.31 Å². The summed E-state index contributed by atoms with van der Waals surface area (Å²) in [5.41, 5.74) is 2.13. The van der Waals surface area contributed by atoms with Gasteiger partial charge in [-0.25, -0.2) is 4.79 Å². The summed E-state index contributed by atoms with van der Waals surface area (Å²) in [6.45, 7) is 9.73. The lowest BCUT2D eigenvalue weighted by Crippen LogP contribution is -2.45. The summed E-state index contributed by atoms with van der Waals surface area (Å²) in [4.78, 5) is 36.9. The first-order valence-corrected chi connectivity index (χ1v) is 11.0. The van der Waals surface area contributed by atoms with Gasteiger partial charge in [-0.3, -0.25) is 19.2 Å². The van der Waals surface area contributed by atoms with Gasteiger partial charge in [0.2, 0.25) is 5.91 Å². The molecule has 9 nitrogen and oxygen atoms in total. The van der Waals surface area contributed by atoms with Gasteiger partial charge in [0.25, 0.3) is 5.69 Å². The number of nitro groups is 1. The summed E-state index contributed by atoms with van der Waals surface area (Å²) in [6, 6.07) is 8.15. The zero-order valence-electron chi connectivity index (χ0n) is 19.4. The minimum atomic E-state index is -0.908. The molecule has 2 aromatic carbocycles. The van der Waals surface area contributed by atoms with E-state index in [1.54, 1.807) is 6.92 Å². The van der Waals surface area contributed by atoms with E-state index >= 15 is 0 Å². The predicted octanol–water partition coefficient (Wildman–Crippen LogP) is 5.34. The number of carbonyl (C=O) groups is 2. The monoisotopic (exact) mass is 474 g/mol. The fourth-order valence-electron chi connectivity index (χ4n) is 3.32. The highest BCUT2D eigenvalue weighted by Gasteiger charge is 2.30. The second kappa shape index (κ2) is 11.6. The maximum absolute atomic E-state index is 13.1. The smallest absolute Gasteiger partial charge is 0.332 e. The molecular formula is C23H30N4O5S. The van der Waals surface area contributed by atoms with E-state index in [1.165, 1.54) is 18.2 Å². The summed E-state index contributed by atoms with van der Waals surface area (Å²) in [7, 11) is 0. The molecule has 2 aromatic rings. The molecule has 0 radical (unpaired) electrons. The second-order valence-corrected chi connectivity index (χ2v) is 8.48. The van der Waals surface area contributed by atoms with Gasteiger partial charge in [0, 0.05) is 5.69 Å². The number of rotatable bonds is 9. The standard InChI is InChI=1S/C23H30N4O5S/c1-6-32-17-10-11-18(19(13-17)27(30)31)24-23(29)26(33)20(12-14(2)3)22(28)25-21-15(4)8-7-9-16(21)5/h7-11,13-14,20,33H,6,12H2,1-5H3,(H,24,29)(H,25,28). The number of amides is 3. The molecule has 0 fully saturated rings. The number of anilines is 2. The molecule has 0 saturated carbocycles. The van der Waals surface area contributed by atoms with E-state index in [9.17, 15) is 19.7 Å². The zero-order valence-corrected chi connectivity index (χ0v) is 20.3. The van der Waals surface area contributed by atoms with Crippen molar-refractivity contribution in [2.45, 2.75) is 47.1 Å². The van der Waals surface area contributed by atoms with Gasteiger partial charge in [0.05, 0.1) is 17.6 Å². The van der Waals surface area contributed by atoms with Crippen LogP contribution in [0.15, 0.2) is 36.4 Å². The number of hydrogen-bond donors (Lipinski definition) is 3. The molecule has 0 aliphatic rings. The Morgan fingerprint density at radius 3 is 2.33 bits per heavy atom. The van der Waals surface area contributed by atoms with Crippen LogP contribution in [0.1, 0.15) is 38.3 Å². The summed E-state index contributed by atoms with van der Waals surface area (Å²) < 4.78 is 6.27. The van der Waals surface area contributed by atoms with Crippen molar-refractivity contribution < 1.29 is 19.2 Å². The molecule has 3 amide bonds. The molecule has 10 heteroatoms. The van der Waals surface area contributed by atoms with Crippen molar-refractivity contribution >= 4 is 41.8 Å². The Balaban J connectivity index is 2.26. The molecule has 0 heterocycles. The van der Waals surface area contributed by atoms with Crippen LogP contribution in [0.3, 0.4) is 0 Å². The summed E-state index contributed by atoms with van der Waals surface area (Å²) in [5.74, 6) is 0.00372. The summed E-state index contributed by atoms with van der Waals surface area (Å²) >= 11 is 4.29. The Morgan fingerprint density at radius 1 is 1.15 bits per heavy atom. The molecular weight excluding hydrogens is 444 g/mol. The van der Waals surface area contributed by atoms with Gasteiger partial charge < -0.3 is 15.4 Å². The van der Waals surface area contributed by atoms with Crippen molar-refractivity contribution in [1.29, 1.82) is 0 Å². The van der Waals surface area contributed by atoms with Crippen LogP contribution in [-0.4, -0.2) is 33.8 Å². The van der Waals surface area contributed by atoms with E-state index in [2.05, 4.69) is 23.4 Å². The quantitative estimate of drug-likeness (QED) is 0.258. The first-order chi connectivity index (χ1) is 15.5. The second-order valence-electron chi connectivity index (χ2n) is 8.05. The van der Waals surface area contributed by atoms with Gasteiger partial charge in [-0.05, 0) is 56.4 Å². The van der Waals surface area contributed by atoms with Crippen molar-refractivity contribution in [3.8, 4) is 5.75 Å². The van der Waals surface area contributed by atoms with Crippen LogP contribution in [0.4, 0.5) is 21.9 Å².